The van der Waals surface area contributed by atoms with Crippen LogP contribution in [-0.2, 0) is 6.42 Å². The van der Waals surface area contributed by atoms with E-state index in [1.807, 2.05) is 31.2 Å². The number of aromatic nitrogens is 1. The lowest BCUT2D eigenvalue weighted by Gasteiger charge is -2.18. The maximum atomic E-state index is 12.2. The Morgan fingerprint density at radius 1 is 1.26 bits per heavy atom. The number of methoxy groups -OCH3 is 1. The van der Waals surface area contributed by atoms with Gasteiger partial charge in [-0.15, -0.1) is 13.1 Å². The average molecular weight is 505 g/mol. The SMILES string of the molecule is COc1cc(CC[N-]CC2CC2)ccc1OC(F)F.Cc1cccc(-c2sc(N)nc2C(=O)O)c1. The molecule has 1 heterocycles. The number of nitrogens with zero attached hydrogens (tertiary/aromatic N) is 2. The van der Waals surface area contributed by atoms with Gasteiger partial charge in [-0.3, -0.25) is 0 Å². The van der Waals surface area contributed by atoms with Crippen LogP contribution in [0.15, 0.2) is 42.5 Å². The number of nitrogens with two attached hydrogens (primary N) is 1. The summed E-state index contributed by atoms with van der Waals surface area (Å²) in [6.07, 6.45) is 3.39. The number of halogens is 2. The Kier molecular flexibility index (Phi) is 9.39. The minimum atomic E-state index is -2.84. The van der Waals surface area contributed by atoms with Gasteiger partial charge in [-0.05, 0) is 36.6 Å². The second kappa shape index (κ2) is 12.5. The number of aryl methyl sites for hydroxylation is 1. The molecule has 188 valence electrons. The highest BCUT2D eigenvalue weighted by Crippen LogP contribution is 2.33. The van der Waals surface area contributed by atoms with Crippen LogP contribution in [0.4, 0.5) is 13.9 Å². The topological polar surface area (TPSA) is 109 Å². The number of aromatic carboxylic acids is 1. The summed E-state index contributed by atoms with van der Waals surface area (Å²) in [5.41, 5.74) is 8.48. The summed E-state index contributed by atoms with van der Waals surface area (Å²) in [7, 11) is 1.44. The fraction of sp³-hybridized carbons (Fsp3) is 0.360. The fourth-order valence-electron chi connectivity index (χ4n) is 3.31. The second-order valence-electron chi connectivity index (χ2n) is 8.09. The van der Waals surface area contributed by atoms with E-state index in [1.165, 1.54) is 37.4 Å². The minimum Gasteiger partial charge on any atom is -0.662 e. The number of hydrogen-bond acceptors (Lipinski definition) is 6. The lowest BCUT2D eigenvalue weighted by Crippen LogP contribution is -2.04. The van der Waals surface area contributed by atoms with Crippen molar-refractivity contribution in [3.8, 4) is 21.9 Å². The third-order valence-electron chi connectivity index (χ3n) is 5.21. The van der Waals surface area contributed by atoms with Gasteiger partial charge in [-0.2, -0.15) is 8.78 Å². The molecule has 0 aliphatic heterocycles. The first kappa shape index (κ1) is 26.4. The number of nitrogen functional groups attached to an aromatic ring is 1. The number of ether oxygens (including phenoxy) is 2. The summed E-state index contributed by atoms with van der Waals surface area (Å²) in [5, 5.41) is 13.7. The van der Waals surface area contributed by atoms with Gasteiger partial charge in [0.2, 0.25) is 0 Å². The highest BCUT2D eigenvalue weighted by atomic mass is 32.1. The first-order valence-electron chi connectivity index (χ1n) is 11.1. The molecule has 1 saturated carbocycles. The summed E-state index contributed by atoms with van der Waals surface area (Å²) < 4.78 is 33.8. The molecular formula is C25H28F2N3O4S-. The number of anilines is 1. The molecule has 1 fully saturated rings. The molecule has 0 unspecified atom stereocenters. The van der Waals surface area contributed by atoms with Crippen molar-refractivity contribution in [2.24, 2.45) is 5.92 Å². The van der Waals surface area contributed by atoms with Crippen LogP contribution < -0.4 is 15.2 Å². The highest BCUT2D eigenvalue weighted by Gasteiger charge is 2.18. The Morgan fingerprint density at radius 3 is 2.66 bits per heavy atom. The van der Waals surface area contributed by atoms with Crippen LogP contribution in [0.5, 0.6) is 11.5 Å². The van der Waals surface area contributed by atoms with E-state index in [0.29, 0.717) is 10.6 Å². The van der Waals surface area contributed by atoms with Crippen LogP contribution >= 0.6 is 11.3 Å². The van der Waals surface area contributed by atoms with Crippen molar-refractivity contribution in [2.75, 3.05) is 25.9 Å². The number of hydrogen-bond donors (Lipinski definition) is 2. The van der Waals surface area contributed by atoms with Gasteiger partial charge in [0.25, 0.3) is 0 Å². The van der Waals surface area contributed by atoms with Gasteiger partial charge in [-0.1, -0.05) is 66.0 Å². The zero-order chi connectivity index (χ0) is 25.4. The van der Waals surface area contributed by atoms with Gasteiger partial charge in [0.1, 0.15) is 0 Å². The Balaban J connectivity index is 0.000000198. The molecule has 0 bridgehead atoms. The molecule has 2 aromatic carbocycles. The summed E-state index contributed by atoms with van der Waals surface area (Å²) in [6, 6.07) is 12.6. The van der Waals surface area contributed by atoms with Crippen molar-refractivity contribution in [3.63, 3.8) is 0 Å². The molecule has 4 rings (SSSR count). The van der Waals surface area contributed by atoms with Gasteiger partial charge in [0.05, 0.1) is 12.0 Å². The Morgan fingerprint density at radius 2 is 2.03 bits per heavy atom. The van der Waals surface area contributed by atoms with Gasteiger partial charge >= 0.3 is 12.6 Å². The molecule has 0 spiro atoms. The molecule has 1 aromatic heterocycles. The average Bonchev–Trinajstić information content (AvgIpc) is 3.56. The number of carbonyl (C=O) groups is 1. The van der Waals surface area contributed by atoms with Crippen LogP contribution in [0.3, 0.4) is 0 Å². The predicted octanol–water partition coefficient (Wildman–Crippen LogP) is 6.02. The van der Waals surface area contributed by atoms with E-state index < -0.39 is 12.6 Å². The van der Waals surface area contributed by atoms with E-state index in [4.69, 9.17) is 15.6 Å². The monoisotopic (exact) mass is 504 g/mol. The number of carboxylic acids is 1. The molecule has 0 saturated heterocycles. The Labute approximate surface area is 206 Å². The van der Waals surface area contributed by atoms with Crippen molar-refractivity contribution in [2.45, 2.75) is 32.8 Å². The van der Waals surface area contributed by atoms with Crippen LogP contribution in [0.25, 0.3) is 15.8 Å². The first-order chi connectivity index (χ1) is 16.8. The number of alkyl halides is 2. The molecule has 3 N–H and O–H groups in total. The van der Waals surface area contributed by atoms with Crippen molar-refractivity contribution >= 4 is 22.4 Å². The number of rotatable bonds is 10. The van der Waals surface area contributed by atoms with Crippen molar-refractivity contribution in [1.29, 1.82) is 0 Å². The van der Waals surface area contributed by atoms with Gasteiger partial charge < -0.3 is 25.6 Å². The van der Waals surface area contributed by atoms with Crippen LogP contribution in [0.1, 0.15) is 34.5 Å². The van der Waals surface area contributed by atoms with Crippen molar-refractivity contribution in [3.05, 3.63) is 64.6 Å². The molecule has 0 amide bonds. The van der Waals surface area contributed by atoms with E-state index in [0.717, 1.165) is 42.1 Å². The normalized spacial score (nSPS) is 12.7. The zero-order valence-corrected chi connectivity index (χ0v) is 20.4. The largest absolute Gasteiger partial charge is 0.662 e. The van der Waals surface area contributed by atoms with Gasteiger partial charge in [0, 0.05) is 0 Å². The number of thiazole rings is 1. The fourth-order valence-corrected chi connectivity index (χ4v) is 4.13. The van der Waals surface area contributed by atoms with E-state index in [1.54, 1.807) is 12.1 Å². The molecule has 0 radical (unpaired) electrons. The molecule has 0 atom stereocenters. The summed E-state index contributed by atoms with van der Waals surface area (Å²) in [5.74, 6) is 0.150. The number of carboxylic acid groups (broad SMARTS) is 1. The molecule has 3 aromatic rings. The molecule has 1 aliphatic carbocycles. The molecule has 10 heteroatoms. The van der Waals surface area contributed by atoms with Gasteiger partial charge in [0.15, 0.2) is 22.3 Å². The van der Waals surface area contributed by atoms with E-state index in [2.05, 4.69) is 15.0 Å². The van der Waals surface area contributed by atoms with E-state index >= 15 is 0 Å². The minimum absolute atomic E-state index is 0.0214. The van der Waals surface area contributed by atoms with Crippen molar-refractivity contribution < 1.29 is 28.2 Å². The third kappa shape index (κ3) is 8.18. The maximum Gasteiger partial charge on any atom is 0.387 e. The Bertz CT molecular complexity index is 1140. The number of benzene rings is 2. The Hall–Kier alpha value is -3.24. The molecule has 35 heavy (non-hydrogen) atoms. The summed E-state index contributed by atoms with van der Waals surface area (Å²) >= 11 is 1.19. The molecular weight excluding hydrogens is 476 g/mol. The van der Waals surface area contributed by atoms with E-state index in [-0.39, 0.29) is 16.6 Å². The lowest BCUT2D eigenvalue weighted by atomic mass is 10.1. The standard InChI is InChI=1S/C14H18F2NO2.C11H10N2O2S/c1-18-13-8-10(4-5-12(13)19-14(15)16)6-7-17-9-11-2-3-11;1-6-3-2-4-7(5-6)9-8(10(14)15)13-11(12)16-9/h4-5,8,11,14H,2-3,6-7,9H2,1H3;2-5H,1H3,(H2,12,13)(H,14,15)/q-1;. The highest BCUT2D eigenvalue weighted by molar-refractivity contribution is 7.19. The van der Waals surface area contributed by atoms with Crippen LogP contribution in [0.2, 0.25) is 0 Å². The predicted molar refractivity (Wildman–Crippen MR) is 133 cm³/mol. The zero-order valence-electron chi connectivity index (χ0n) is 19.5. The van der Waals surface area contributed by atoms with Gasteiger partial charge in [-0.25, -0.2) is 9.78 Å². The third-order valence-corrected chi connectivity index (χ3v) is 6.15. The van der Waals surface area contributed by atoms with Crippen molar-refractivity contribution in [1.82, 2.24) is 4.98 Å². The smallest absolute Gasteiger partial charge is 0.387 e. The van der Waals surface area contributed by atoms with Crippen LogP contribution in [-0.4, -0.2) is 42.9 Å². The second-order valence-corrected chi connectivity index (χ2v) is 9.12. The van der Waals surface area contributed by atoms with Crippen LogP contribution in [0, 0.1) is 12.8 Å². The first-order valence-corrected chi connectivity index (χ1v) is 11.9. The lowest BCUT2D eigenvalue weighted by molar-refractivity contribution is -0.0512. The molecule has 7 nitrogen and oxygen atoms in total. The molecule has 1 aliphatic rings. The maximum absolute atomic E-state index is 12.2. The summed E-state index contributed by atoms with van der Waals surface area (Å²) in [4.78, 5) is 15.4. The summed E-state index contributed by atoms with van der Waals surface area (Å²) in [6.45, 7) is 0.820. The van der Waals surface area contributed by atoms with E-state index in [9.17, 15) is 13.6 Å². The quantitative estimate of drug-likeness (QED) is 0.327.